The summed E-state index contributed by atoms with van der Waals surface area (Å²) in [5, 5.41) is 0. The summed E-state index contributed by atoms with van der Waals surface area (Å²) in [6.07, 6.45) is 1.88. The molecule has 0 bridgehead atoms. The SMILES string of the molecule is COCCCCN1C(=O)C(C)(C)Oc2ccc(C(=O)N(C(C)C)C3CCN(C(=O)OCc4ccccc4)C3)cc21. The minimum absolute atomic E-state index is 0.0872. The van der Waals surface area contributed by atoms with Gasteiger partial charge in [-0.15, -0.1) is 0 Å². The molecule has 1 unspecified atom stereocenters. The van der Waals surface area contributed by atoms with Crippen molar-refractivity contribution < 1.29 is 28.6 Å². The van der Waals surface area contributed by atoms with Gasteiger partial charge in [0.05, 0.1) is 11.7 Å². The quantitative estimate of drug-likeness (QED) is 0.391. The monoisotopic (exact) mass is 551 g/mol. The van der Waals surface area contributed by atoms with Crippen LogP contribution in [-0.4, -0.2) is 78.7 Å². The van der Waals surface area contributed by atoms with E-state index < -0.39 is 5.60 Å². The number of nitrogens with zero attached hydrogens (tertiary/aromatic N) is 3. The third kappa shape index (κ3) is 6.58. The van der Waals surface area contributed by atoms with E-state index in [2.05, 4.69) is 0 Å². The molecule has 0 aromatic heterocycles. The van der Waals surface area contributed by atoms with Gasteiger partial charge in [0.25, 0.3) is 11.8 Å². The van der Waals surface area contributed by atoms with Crippen molar-refractivity contribution in [2.24, 2.45) is 0 Å². The molecule has 1 saturated heterocycles. The molecule has 9 nitrogen and oxygen atoms in total. The molecule has 0 spiro atoms. The number of carbonyl (C=O) groups is 3. The van der Waals surface area contributed by atoms with Gasteiger partial charge in [-0.05, 0) is 70.7 Å². The van der Waals surface area contributed by atoms with Gasteiger partial charge in [-0.2, -0.15) is 0 Å². The molecule has 0 saturated carbocycles. The van der Waals surface area contributed by atoms with E-state index in [4.69, 9.17) is 14.2 Å². The van der Waals surface area contributed by atoms with Gasteiger partial charge in [-0.25, -0.2) is 4.79 Å². The Labute approximate surface area is 237 Å². The zero-order chi connectivity index (χ0) is 28.9. The fourth-order valence-corrected chi connectivity index (χ4v) is 5.36. The first-order valence-corrected chi connectivity index (χ1v) is 14.0. The summed E-state index contributed by atoms with van der Waals surface area (Å²) in [6, 6.07) is 14.6. The molecule has 9 heteroatoms. The Kier molecular flexibility index (Phi) is 9.35. The third-order valence-corrected chi connectivity index (χ3v) is 7.41. The van der Waals surface area contributed by atoms with Crippen molar-refractivity contribution in [3.8, 4) is 5.75 Å². The molecule has 1 fully saturated rings. The van der Waals surface area contributed by atoms with E-state index in [9.17, 15) is 14.4 Å². The summed E-state index contributed by atoms with van der Waals surface area (Å²) in [4.78, 5) is 45.1. The lowest BCUT2D eigenvalue weighted by molar-refractivity contribution is -0.132. The molecule has 2 aromatic carbocycles. The average Bonchev–Trinajstić information content (AvgIpc) is 3.41. The molecule has 1 atom stereocenters. The van der Waals surface area contributed by atoms with E-state index in [-0.39, 0.29) is 36.6 Å². The minimum atomic E-state index is -0.994. The second-order valence-electron chi connectivity index (χ2n) is 11.2. The standard InChI is InChI=1S/C31H41N3O6/c1-22(2)34(25-15-17-32(20-25)30(37)39-21-23-11-7-6-8-12-23)28(35)24-13-14-27-26(19-24)33(16-9-10-18-38-5)29(36)31(3,4)40-27/h6-8,11-14,19,22,25H,9-10,15-18,20-21H2,1-5H3. The van der Waals surface area contributed by atoms with Crippen molar-refractivity contribution in [1.29, 1.82) is 0 Å². The number of unbranched alkanes of at least 4 members (excludes halogenated alkanes) is 1. The van der Waals surface area contributed by atoms with Crippen molar-refractivity contribution in [1.82, 2.24) is 9.80 Å². The second-order valence-corrected chi connectivity index (χ2v) is 11.2. The van der Waals surface area contributed by atoms with Gasteiger partial charge in [-0.1, -0.05) is 30.3 Å². The fraction of sp³-hybridized carbons (Fsp3) is 0.516. The lowest BCUT2D eigenvalue weighted by Crippen LogP contribution is -2.53. The molecule has 2 aliphatic rings. The van der Waals surface area contributed by atoms with Gasteiger partial charge in [0.1, 0.15) is 12.4 Å². The second kappa shape index (κ2) is 12.7. The molecular weight excluding hydrogens is 510 g/mol. The van der Waals surface area contributed by atoms with E-state index in [1.54, 1.807) is 49.0 Å². The molecule has 216 valence electrons. The van der Waals surface area contributed by atoms with Crippen LogP contribution >= 0.6 is 0 Å². The largest absolute Gasteiger partial charge is 0.476 e. The molecule has 2 aromatic rings. The van der Waals surface area contributed by atoms with Crippen LogP contribution in [0.15, 0.2) is 48.5 Å². The number of methoxy groups -OCH3 is 1. The molecule has 4 rings (SSSR count). The van der Waals surface area contributed by atoms with Crippen LogP contribution in [0.1, 0.15) is 62.9 Å². The topological polar surface area (TPSA) is 88.6 Å². The number of hydrogen-bond donors (Lipinski definition) is 0. The summed E-state index contributed by atoms with van der Waals surface area (Å²) in [5.41, 5.74) is 1.02. The molecule has 2 aliphatic heterocycles. The first kappa shape index (κ1) is 29.4. The smallest absolute Gasteiger partial charge is 0.410 e. The number of hydrogen-bond acceptors (Lipinski definition) is 6. The number of ether oxygens (including phenoxy) is 3. The first-order valence-electron chi connectivity index (χ1n) is 14.0. The third-order valence-electron chi connectivity index (χ3n) is 7.41. The van der Waals surface area contributed by atoms with E-state index in [1.165, 1.54) is 0 Å². The summed E-state index contributed by atoms with van der Waals surface area (Å²) in [7, 11) is 1.66. The maximum Gasteiger partial charge on any atom is 0.410 e. The Morgan fingerprint density at radius 1 is 1.12 bits per heavy atom. The highest BCUT2D eigenvalue weighted by molar-refractivity contribution is 6.04. The number of amides is 3. The predicted octanol–water partition coefficient (Wildman–Crippen LogP) is 4.88. The lowest BCUT2D eigenvalue weighted by Gasteiger charge is -2.39. The van der Waals surface area contributed by atoms with Crippen molar-refractivity contribution in [3.05, 3.63) is 59.7 Å². The van der Waals surface area contributed by atoms with Crippen molar-refractivity contribution in [2.75, 3.05) is 38.3 Å². The van der Waals surface area contributed by atoms with Crippen molar-refractivity contribution >= 4 is 23.6 Å². The zero-order valence-electron chi connectivity index (χ0n) is 24.2. The molecule has 2 heterocycles. The van der Waals surface area contributed by atoms with Crippen molar-refractivity contribution in [2.45, 2.75) is 71.2 Å². The Morgan fingerprint density at radius 3 is 2.58 bits per heavy atom. The van der Waals surface area contributed by atoms with Crippen LogP contribution in [0.5, 0.6) is 5.75 Å². The molecule has 0 aliphatic carbocycles. The van der Waals surface area contributed by atoms with Gasteiger partial charge in [0.2, 0.25) is 0 Å². The predicted molar refractivity (Wildman–Crippen MR) is 153 cm³/mol. The summed E-state index contributed by atoms with van der Waals surface area (Å²) in [6.45, 7) is 9.74. The van der Waals surface area contributed by atoms with Crippen LogP contribution in [0, 0.1) is 0 Å². The number of carbonyl (C=O) groups excluding carboxylic acids is 3. The maximum absolute atomic E-state index is 13.9. The van der Waals surface area contributed by atoms with Crippen LogP contribution in [0.25, 0.3) is 0 Å². The highest BCUT2D eigenvalue weighted by Gasteiger charge is 2.41. The zero-order valence-corrected chi connectivity index (χ0v) is 24.2. The van der Waals surface area contributed by atoms with Gasteiger partial charge in [0.15, 0.2) is 5.60 Å². The van der Waals surface area contributed by atoms with E-state index in [0.717, 1.165) is 18.4 Å². The Morgan fingerprint density at radius 2 is 1.88 bits per heavy atom. The van der Waals surface area contributed by atoms with Gasteiger partial charge >= 0.3 is 6.09 Å². The average molecular weight is 552 g/mol. The number of fused-ring (bicyclic) bond motifs is 1. The normalized spacial score (nSPS) is 17.9. The number of anilines is 1. The summed E-state index contributed by atoms with van der Waals surface area (Å²) >= 11 is 0. The molecule has 0 radical (unpaired) electrons. The van der Waals surface area contributed by atoms with Crippen LogP contribution in [0.2, 0.25) is 0 Å². The maximum atomic E-state index is 13.9. The highest BCUT2D eigenvalue weighted by Crippen LogP contribution is 2.39. The Hall–Kier alpha value is -3.59. The minimum Gasteiger partial charge on any atom is -0.476 e. The molecular formula is C31H41N3O6. The van der Waals surface area contributed by atoms with Crippen LogP contribution < -0.4 is 9.64 Å². The van der Waals surface area contributed by atoms with Gasteiger partial charge in [0, 0.05) is 45.0 Å². The van der Waals surface area contributed by atoms with E-state index in [0.29, 0.717) is 49.7 Å². The molecule has 0 N–H and O–H groups in total. The first-order chi connectivity index (χ1) is 19.1. The number of likely N-dealkylation sites (tertiary alicyclic amines) is 1. The van der Waals surface area contributed by atoms with Gasteiger partial charge < -0.3 is 28.9 Å². The Bertz CT molecular complexity index is 1200. The molecule has 3 amide bonds. The fourth-order valence-electron chi connectivity index (χ4n) is 5.36. The van der Waals surface area contributed by atoms with Crippen LogP contribution in [0.3, 0.4) is 0 Å². The van der Waals surface area contributed by atoms with Crippen molar-refractivity contribution in [3.63, 3.8) is 0 Å². The van der Waals surface area contributed by atoms with Crippen LogP contribution in [0.4, 0.5) is 10.5 Å². The Balaban J connectivity index is 1.48. The summed E-state index contributed by atoms with van der Waals surface area (Å²) in [5.74, 6) is 0.305. The highest BCUT2D eigenvalue weighted by atomic mass is 16.6. The van der Waals surface area contributed by atoms with E-state index in [1.807, 2.05) is 49.1 Å². The van der Waals surface area contributed by atoms with Crippen LogP contribution in [-0.2, 0) is 20.9 Å². The summed E-state index contributed by atoms with van der Waals surface area (Å²) < 4.78 is 16.7. The van der Waals surface area contributed by atoms with E-state index >= 15 is 0 Å². The number of rotatable bonds is 10. The lowest BCUT2D eigenvalue weighted by atomic mass is 10.0. The molecule has 40 heavy (non-hydrogen) atoms. The van der Waals surface area contributed by atoms with Gasteiger partial charge in [-0.3, -0.25) is 9.59 Å². The number of benzene rings is 2.